The van der Waals surface area contributed by atoms with Crippen LogP contribution in [0.4, 0.5) is 5.69 Å². The number of thioether (sulfide) groups is 1. The van der Waals surface area contributed by atoms with Gasteiger partial charge in [0.05, 0.1) is 10.6 Å². The molecule has 0 unspecified atom stereocenters. The summed E-state index contributed by atoms with van der Waals surface area (Å²) >= 11 is 2.96. The lowest BCUT2D eigenvalue weighted by molar-refractivity contribution is -0.117. The highest BCUT2D eigenvalue weighted by molar-refractivity contribution is 8.00. The maximum Gasteiger partial charge on any atom is 0.263 e. The van der Waals surface area contributed by atoms with E-state index in [-0.39, 0.29) is 22.8 Å². The first kappa shape index (κ1) is 21.1. The number of aromatic nitrogens is 2. The van der Waals surface area contributed by atoms with Crippen LogP contribution in [0.15, 0.2) is 40.3 Å². The summed E-state index contributed by atoms with van der Waals surface area (Å²) in [5, 5.41) is 1.06. The van der Waals surface area contributed by atoms with Crippen molar-refractivity contribution in [2.24, 2.45) is 0 Å². The number of carbonyl (C=O) groups is 1. The fraction of sp³-hybridized carbons (Fsp3) is 0.435. The molecule has 1 amide bonds. The lowest BCUT2D eigenvalue weighted by atomic mass is 10.2. The Morgan fingerprint density at radius 3 is 2.57 bits per heavy atom. The van der Waals surface area contributed by atoms with Crippen LogP contribution < -0.4 is 10.5 Å². The van der Waals surface area contributed by atoms with Crippen molar-refractivity contribution in [3.05, 3.63) is 51.1 Å². The average molecular weight is 442 g/mol. The van der Waals surface area contributed by atoms with Gasteiger partial charge < -0.3 is 4.90 Å². The molecule has 0 N–H and O–H groups in total. The first-order valence-corrected chi connectivity index (χ1v) is 12.1. The van der Waals surface area contributed by atoms with Gasteiger partial charge in [-0.3, -0.25) is 14.2 Å². The van der Waals surface area contributed by atoms with Gasteiger partial charge in [-0.25, -0.2) is 4.98 Å². The van der Waals surface area contributed by atoms with Crippen molar-refractivity contribution in [3.8, 4) is 0 Å². The molecule has 4 rings (SSSR count). The smallest absolute Gasteiger partial charge is 0.263 e. The molecule has 0 spiro atoms. The summed E-state index contributed by atoms with van der Waals surface area (Å²) in [6.07, 6.45) is 4.25. The van der Waals surface area contributed by atoms with Crippen LogP contribution >= 0.6 is 23.1 Å². The number of amides is 1. The highest BCUT2D eigenvalue weighted by Gasteiger charge is 2.28. The van der Waals surface area contributed by atoms with Crippen molar-refractivity contribution in [3.63, 3.8) is 0 Å². The van der Waals surface area contributed by atoms with E-state index in [0.29, 0.717) is 5.16 Å². The van der Waals surface area contributed by atoms with Gasteiger partial charge in [0.15, 0.2) is 5.16 Å². The molecule has 1 saturated carbocycles. The first-order chi connectivity index (χ1) is 14.4. The normalized spacial score (nSPS) is 15.6. The van der Waals surface area contributed by atoms with E-state index < -0.39 is 0 Å². The maximum absolute atomic E-state index is 13.5. The predicted molar refractivity (Wildman–Crippen MR) is 126 cm³/mol. The lowest BCUT2D eigenvalue weighted by Gasteiger charge is -2.23. The molecule has 7 heteroatoms. The largest absolute Gasteiger partial charge is 0.315 e. The van der Waals surface area contributed by atoms with E-state index >= 15 is 0 Å². The number of nitrogens with zero attached hydrogens (tertiary/aromatic N) is 3. The van der Waals surface area contributed by atoms with Gasteiger partial charge in [-0.2, -0.15) is 0 Å². The molecule has 1 fully saturated rings. The van der Waals surface area contributed by atoms with Crippen LogP contribution in [-0.4, -0.2) is 27.8 Å². The molecule has 1 aliphatic carbocycles. The molecule has 1 aliphatic rings. The Kier molecular flexibility index (Phi) is 6.02. The predicted octanol–water partition coefficient (Wildman–Crippen LogP) is 5.33. The van der Waals surface area contributed by atoms with Crippen molar-refractivity contribution < 1.29 is 4.79 Å². The Bertz CT molecular complexity index is 1130. The molecule has 2 heterocycles. The summed E-state index contributed by atoms with van der Waals surface area (Å²) in [5.41, 5.74) is 1.94. The minimum atomic E-state index is -0.352. The van der Waals surface area contributed by atoms with Crippen LogP contribution in [0.1, 0.15) is 49.1 Å². The van der Waals surface area contributed by atoms with Crippen molar-refractivity contribution in [1.82, 2.24) is 9.55 Å². The van der Waals surface area contributed by atoms with Gasteiger partial charge in [-0.15, -0.1) is 11.3 Å². The summed E-state index contributed by atoms with van der Waals surface area (Å²) in [6.45, 7) is 5.94. The number of hydrogen-bond donors (Lipinski definition) is 0. The van der Waals surface area contributed by atoms with Crippen molar-refractivity contribution in [2.45, 2.75) is 62.9 Å². The highest BCUT2D eigenvalue weighted by atomic mass is 32.2. The Morgan fingerprint density at radius 1 is 1.23 bits per heavy atom. The molecule has 30 heavy (non-hydrogen) atoms. The van der Waals surface area contributed by atoms with E-state index in [9.17, 15) is 9.59 Å². The second kappa shape index (κ2) is 8.55. The number of anilines is 1. The zero-order chi connectivity index (χ0) is 21.4. The zero-order valence-electron chi connectivity index (χ0n) is 17.8. The van der Waals surface area contributed by atoms with E-state index in [2.05, 4.69) is 0 Å². The second-order valence-electron chi connectivity index (χ2n) is 7.96. The summed E-state index contributed by atoms with van der Waals surface area (Å²) in [6, 6.07) is 9.80. The summed E-state index contributed by atoms with van der Waals surface area (Å²) in [4.78, 5) is 35.1. The lowest BCUT2D eigenvalue weighted by Crippen LogP contribution is -2.34. The minimum absolute atomic E-state index is 0.00272. The molecule has 0 aliphatic heterocycles. The molecule has 2 aromatic heterocycles. The zero-order valence-corrected chi connectivity index (χ0v) is 19.5. The van der Waals surface area contributed by atoms with Crippen molar-refractivity contribution >= 4 is 44.9 Å². The molecular formula is C23H27N3O2S2. The number of benzene rings is 1. The van der Waals surface area contributed by atoms with Crippen LogP contribution in [-0.2, 0) is 4.79 Å². The number of fused-ring (bicyclic) bond motifs is 1. The van der Waals surface area contributed by atoms with E-state index in [4.69, 9.17) is 4.98 Å². The Balaban J connectivity index is 1.71. The summed E-state index contributed by atoms with van der Waals surface area (Å²) in [7, 11) is 1.79. The summed E-state index contributed by atoms with van der Waals surface area (Å²) in [5.74, 6) is -0.00272. The van der Waals surface area contributed by atoms with E-state index in [1.807, 2.05) is 55.7 Å². The monoisotopic (exact) mass is 441 g/mol. The number of para-hydroxylation sites is 1. The van der Waals surface area contributed by atoms with Crippen LogP contribution in [0.3, 0.4) is 0 Å². The van der Waals surface area contributed by atoms with Crippen molar-refractivity contribution in [2.75, 3.05) is 11.9 Å². The number of thiophene rings is 1. The summed E-state index contributed by atoms with van der Waals surface area (Å²) < 4.78 is 1.88. The van der Waals surface area contributed by atoms with Crippen LogP contribution in [0, 0.1) is 13.8 Å². The molecular weight excluding hydrogens is 414 g/mol. The van der Waals surface area contributed by atoms with Crippen LogP contribution in [0.25, 0.3) is 10.2 Å². The third kappa shape index (κ3) is 3.81. The SMILES string of the molecule is Cc1sc2nc(S[C@H](C)C(=O)N(C)c3ccccc3)n(C3CCCC3)c(=O)c2c1C. The van der Waals surface area contributed by atoms with E-state index in [1.54, 1.807) is 23.3 Å². The van der Waals surface area contributed by atoms with Gasteiger partial charge in [0.1, 0.15) is 4.83 Å². The molecule has 158 valence electrons. The molecule has 1 aromatic carbocycles. The number of aryl methyl sites for hydroxylation is 2. The van der Waals surface area contributed by atoms with E-state index in [0.717, 1.165) is 52.0 Å². The standard InChI is InChI=1S/C23H27N3O2S2/c1-14-15(2)29-20-19(14)22(28)26(18-12-8-9-13-18)23(24-20)30-16(3)21(27)25(4)17-10-6-5-7-11-17/h5-7,10-11,16,18H,8-9,12-13H2,1-4H3/t16-/m1/s1. The van der Waals surface area contributed by atoms with Gasteiger partial charge >= 0.3 is 0 Å². The van der Waals surface area contributed by atoms with E-state index in [1.165, 1.54) is 11.8 Å². The van der Waals surface area contributed by atoms with Crippen molar-refractivity contribution in [1.29, 1.82) is 0 Å². The Hall–Kier alpha value is -2.12. The molecule has 5 nitrogen and oxygen atoms in total. The number of hydrogen-bond acceptors (Lipinski definition) is 5. The second-order valence-corrected chi connectivity index (χ2v) is 10.5. The first-order valence-electron chi connectivity index (χ1n) is 10.4. The fourth-order valence-corrected chi connectivity index (χ4v) is 6.26. The Morgan fingerprint density at radius 2 is 1.90 bits per heavy atom. The van der Waals surface area contributed by atoms with Gasteiger partial charge in [0.25, 0.3) is 5.56 Å². The van der Waals surface area contributed by atoms with Crippen LogP contribution in [0.5, 0.6) is 0 Å². The highest BCUT2D eigenvalue weighted by Crippen LogP contribution is 2.36. The average Bonchev–Trinajstić information content (AvgIpc) is 3.36. The van der Waals surface area contributed by atoms with Gasteiger partial charge in [0.2, 0.25) is 5.91 Å². The molecule has 1 atom stereocenters. The third-order valence-corrected chi connectivity index (χ3v) is 8.15. The quantitative estimate of drug-likeness (QED) is 0.396. The Labute approximate surface area is 185 Å². The maximum atomic E-state index is 13.5. The minimum Gasteiger partial charge on any atom is -0.315 e. The molecule has 0 bridgehead atoms. The van der Waals surface area contributed by atoms with Gasteiger partial charge in [-0.05, 0) is 51.3 Å². The fourth-order valence-electron chi connectivity index (χ4n) is 4.12. The van der Waals surface area contributed by atoms with Crippen LogP contribution in [0.2, 0.25) is 0 Å². The third-order valence-electron chi connectivity index (χ3n) is 6.00. The molecule has 3 aromatic rings. The van der Waals surface area contributed by atoms with Gasteiger partial charge in [-0.1, -0.05) is 42.8 Å². The van der Waals surface area contributed by atoms with Gasteiger partial charge in [0, 0.05) is 23.7 Å². The number of carbonyl (C=O) groups excluding carboxylic acids is 1. The molecule has 0 saturated heterocycles. The number of rotatable bonds is 5. The molecule has 0 radical (unpaired) electrons. The topological polar surface area (TPSA) is 55.2 Å².